The van der Waals surface area contributed by atoms with Gasteiger partial charge in [0.2, 0.25) is 0 Å². The van der Waals surface area contributed by atoms with Crippen molar-refractivity contribution < 1.29 is 0 Å². The van der Waals surface area contributed by atoms with Crippen molar-refractivity contribution in [2.24, 2.45) is 5.92 Å². The lowest BCUT2D eigenvalue weighted by molar-refractivity contribution is 0.419. The minimum atomic E-state index is -0.702. The van der Waals surface area contributed by atoms with Crippen LogP contribution in [0.25, 0.3) is 0 Å². The van der Waals surface area contributed by atoms with Crippen LogP contribution in [0.15, 0.2) is 0 Å². The summed E-state index contributed by atoms with van der Waals surface area (Å²) in [6.45, 7) is 2.28. The van der Waals surface area contributed by atoms with Gasteiger partial charge in [0.05, 0.1) is 0 Å². The number of rotatable bonds is 4. The van der Waals surface area contributed by atoms with Gasteiger partial charge in [0.1, 0.15) is 8.11 Å². The van der Waals surface area contributed by atoms with Crippen LogP contribution < -0.4 is 0 Å². The molecule has 1 fully saturated rings. The summed E-state index contributed by atoms with van der Waals surface area (Å²) in [6.07, 6.45) is 8.62. The molecule has 0 unspecified atom stereocenters. The summed E-state index contributed by atoms with van der Waals surface area (Å²) in [5, 5.41) is 0. The van der Waals surface area contributed by atoms with Crippen LogP contribution in [0, 0.1) is 5.92 Å². The number of halogens is 1. The van der Waals surface area contributed by atoms with Gasteiger partial charge in [-0.2, -0.15) is 11.1 Å². The van der Waals surface area contributed by atoms with E-state index < -0.39 is 8.11 Å². The fourth-order valence-corrected chi connectivity index (χ4v) is 4.80. The first kappa shape index (κ1) is 10.6. The van der Waals surface area contributed by atoms with Crippen molar-refractivity contribution in [2.75, 3.05) is 0 Å². The highest BCUT2D eigenvalue weighted by molar-refractivity contribution is 7.07. The van der Waals surface area contributed by atoms with E-state index in [-0.39, 0.29) is 0 Å². The second-order valence-electron chi connectivity index (χ2n) is 4.11. The summed E-state index contributed by atoms with van der Waals surface area (Å²) in [6, 6.07) is 2.80. The van der Waals surface area contributed by atoms with E-state index in [1.54, 1.807) is 0 Å². The molecule has 0 aromatic carbocycles. The van der Waals surface area contributed by atoms with Gasteiger partial charge in [0.25, 0.3) is 0 Å². The Bertz CT molecular complexity index is 108. The van der Waals surface area contributed by atoms with Gasteiger partial charge < -0.3 is 0 Å². The first-order valence-electron chi connectivity index (χ1n) is 5.47. The van der Waals surface area contributed by atoms with E-state index in [9.17, 15) is 0 Å². The molecule has 0 nitrogen and oxygen atoms in total. The third-order valence-corrected chi connectivity index (χ3v) is 6.22. The molecule has 0 saturated carbocycles. The van der Waals surface area contributed by atoms with Crippen LogP contribution in [0.5, 0.6) is 0 Å². The van der Waals surface area contributed by atoms with Crippen molar-refractivity contribution in [3.63, 3.8) is 0 Å². The Hall–Kier alpha value is 0.507. The zero-order chi connectivity index (χ0) is 8.81. The number of hydrogen-bond donors (Lipinski definition) is 0. The van der Waals surface area contributed by atoms with E-state index >= 15 is 0 Å². The lowest BCUT2D eigenvalue weighted by Gasteiger charge is -2.23. The molecule has 1 aliphatic rings. The summed E-state index contributed by atoms with van der Waals surface area (Å²) in [5.41, 5.74) is 0. The van der Waals surface area contributed by atoms with E-state index in [1.165, 1.54) is 50.6 Å². The highest BCUT2D eigenvalue weighted by Gasteiger charge is 2.19. The first-order valence-corrected chi connectivity index (χ1v) is 8.85. The van der Waals surface area contributed by atoms with Gasteiger partial charge >= 0.3 is 0 Å². The van der Waals surface area contributed by atoms with Gasteiger partial charge in [-0.1, -0.05) is 45.4 Å². The van der Waals surface area contributed by atoms with Gasteiger partial charge in [-0.25, -0.2) is 0 Å². The second-order valence-corrected chi connectivity index (χ2v) is 8.31. The minimum Gasteiger partial charge on any atom is -0.172 e. The lowest BCUT2D eigenvalue weighted by atomic mass is 9.96. The predicted octanol–water partition coefficient (Wildman–Crippen LogP) is 3.94. The third-order valence-electron chi connectivity index (χ3n) is 2.99. The zero-order valence-corrected chi connectivity index (χ0v) is 10.1. The normalized spacial score (nSPS) is 30.5. The fraction of sp³-hybridized carbons (Fsp3) is 1.00. The van der Waals surface area contributed by atoms with Crippen molar-refractivity contribution in [1.29, 1.82) is 0 Å². The standard InChI is InChI=1S/C10H21ClSi/c1-2-3-4-5-10-6-8-12(11)9-7-10/h10,12H,2-9H2,1H3. The Morgan fingerprint density at radius 2 is 1.92 bits per heavy atom. The van der Waals surface area contributed by atoms with Gasteiger partial charge in [-0.15, -0.1) is 0 Å². The van der Waals surface area contributed by atoms with Crippen LogP contribution >= 0.6 is 11.1 Å². The second kappa shape index (κ2) is 6.04. The molecule has 1 heterocycles. The fourth-order valence-electron chi connectivity index (χ4n) is 2.09. The molecule has 1 saturated heterocycles. The Labute approximate surface area is 83.0 Å². The minimum absolute atomic E-state index is 0.702. The van der Waals surface area contributed by atoms with E-state index in [4.69, 9.17) is 11.1 Å². The summed E-state index contributed by atoms with van der Waals surface area (Å²) < 4.78 is 0. The molecule has 0 aromatic heterocycles. The van der Waals surface area contributed by atoms with Crippen molar-refractivity contribution >= 4 is 19.2 Å². The molecular weight excluding hydrogens is 184 g/mol. The molecule has 0 atom stereocenters. The van der Waals surface area contributed by atoms with Crippen molar-refractivity contribution in [3.05, 3.63) is 0 Å². The topological polar surface area (TPSA) is 0 Å². The van der Waals surface area contributed by atoms with Crippen LogP contribution in [0.3, 0.4) is 0 Å². The molecule has 0 aromatic rings. The largest absolute Gasteiger partial charge is 0.172 e. The molecule has 1 aliphatic heterocycles. The van der Waals surface area contributed by atoms with Crippen LogP contribution in [0.1, 0.15) is 45.4 Å². The van der Waals surface area contributed by atoms with Crippen LogP contribution in [0.2, 0.25) is 12.1 Å². The Morgan fingerprint density at radius 3 is 2.50 bits per heavy atom. The van der Waals surface area contributed by atoms with E-state index in [0.29, 0.717) is 0 Å². The number of hydrogen-bond acceptors (Lipinski definition) is 0. The molecule has 0 aliphatic carbocycles. The Kier molecular flexibility index (Phi) is 5.33. The Balaban J connectivity index is 2.01. The molecule has 0 spiro atoms. The van der Waals surface area contributed by atoms with Crippen molar-refractivity contribution in [1.82, 2.24) is 0 Å². The lowest BCUT2D eigenvalue weighted by Crippen LogP contribution is -2.16. The predicted molar refractivity (Wildman–Crippen MR) is 59.5 cm³/mol. The van der Waals surface area contributed by atoms with Gasteiger partial charge in [-0.3, -0.25) is 0 Å². The zero-order valence-electron chi connectivity index (χ0n) is 8.19. The smallest absolute Gasteiger partial charge is 0.141 e. The maximum absolute atomic E-state index is 6.18. The third kappa shape index (κ3) is 3.95. The molecule has 72 valence electrons. The maximum Gasteiger partial charge on any atom is 0.141 e. The summed E-state index contributed by atoms with van der Waals surface area (Å²) in [5.74, 6) is 1.04. The molecule has 12 heavy (non-hydrogen) atoms. The number of unbranched alkanes of at least 4 members (excludes halogenated alkanes) is 2. The van der Waals surface area contributed by atoms with Gasteiger partial charge in [0.15, 0.2) is 0 Å². The average molecular weight is 205 g/mol. The van der Waals surface area contributed by atoms with Crippen LogP contribution in [0.4, 0.5) is 0 Å². The molecular formula is C10H21ClSi. The quantitative estimate of drug-likeness (QED) is 0.370. The molecule has 0 amide bonds. The van der Waals surface area contributed by atoms with Crippen LogP contribution in [-0.4, -0.2) is 8.11 Å². The van der Waals surface area contributed by atoms with Gasteiger partial charge in [0, 0.05) is 0 Å². The van der Waals surface area contributed by atoms with Crippen LogP contribution in [-0.2, 0) is 0 Å². The van der Waals surface area contributed by atoms with E-state index in [0.717, 1.165) is 5.92 Å². The molecule has 0 bridgehead atoms. The molecule has 2 heteroatoms. The average Bonchev–Trinajstić information content (AvgIpc) is 2.09. The monoisotopic (exact) mass is 204 g/mol. The summed E-state index contributed by atoms with van der Waals surface area (Å²) >= 11 is 6.18. The SMILES string of the molecule is CCCCCC1CC[SiH](Cl)CC1. The molecule has 0 radical (unpaired) electrons. The van der Waals surface area contributed by atoms with E-state index in [1.807, 2.05) is 0 Å². The summed E-state index contributed by atoms with van der Waals surface area (Å²) in [4.78, 5) is 0. The Morgan fingerprint density at radius 1 is 1.25 bits per heavy atom. The maximum atomic E-state index is 6.18. The van der Waals surface area contributed by atoms with Crippen molar-refractivity contribution in [2.45, 2.75) is 57.5 Å². The van der Waals surface area contributed by atoms with Crippen molar-refractivity contribution in [3.8, 4) is 0 Å². The summed E-state index contributed by atoms with van der Waals surface area (Å²) in [7, 11) is -0.702. The first-order chi connectivity index (χ1) is 5.83. The molecule has 1 rings (SSSR count). The van der Waals surface area contributed by atoms with E-state index in [2.05, 4.69) is 6.92 Å². The van der Waals surface area contributed by atoms with Gasteiger partial charge in [-0.05, 0) is 18.0 Å². The highest BCUT2D eigenvalue weighted by Crippen LogP contribution is 2.30. The molecule has 0 N–H and O–H groups in total. The highest BCUT2D eigenvalue weighted by atomic mass is 35.6.